The van der Waals surface area contributed by atoms with Crippen molar-refractivity contribution in [3.63, 3.8) is 0 Å². The smallest absolute Gasteiger partial charge is 0.342 e. The summed E-state index contributed by atoms with van der Waals surface area (Å²) in [6.45, 7) is 4.00. The third-order valence-electron chi connectivity index (χ3n) is 2.15. The average molecular weight is 194 g/mol. The fourth-order valence-corrected chi connectivity index (χ4v) is 1.38. The van der Waals surface area contributed by atoms with Gasteiger partial charge in [0.2, 0.25) is 0 Å². The zero-order chi connectivity index (χ0) is 10.6. The quantitative estimate of drug-likeness (QED) is 0.390. The Balaban J connectivity index is 2.79. The van der Waals surface area contributed by atoms with E-state index in [0.717, 1.165) is 12.8 Å². The lowest BCUT2D eigenvalue weighted by molar-refractivity contribution is -0.150. The lowest BCUT2D eigenvalue weighted by Crippen LogP contribution is -2.08. The monoisotopic (exact) mass is 194 g/mol. The van der Waals surface area contributed by atoms with E-state index in [1.54, 1.807) is 0 Å². The summed E-state index contributed by atoms with van der Waals surface area (Å²) < 4.78 is 4.43. The molecule has 0 aromatic heterocycles. The number of carbonyl (C=O) groups is 2. The second kappa shape index (κ2) is 4.74. The molecule has 0 saturated heterocycles. The molecule has 14 heavy (non-hydrogen) atoms. The number of hydrogen-bond donors (Lipinski definition) is 0. The Labute approximate surface area is 83.4 Å². The predicted molar refractivity (Wildman–Crippen MR) is 52.4 cm³/mol. The maximum atomic E-state index is 11.2. The van der Waals surface area contributed by atoms with Crippen LogP contribution in [0.4, 0.5) is 0 Å². The Kier molecular flexibility index (Phi) is 3.63. The van der Waals surface area contributed by atoms with E-state index in [2.05, 4.69) is 4.74 Å². The van der Waals surface area contributed by atoms with Crippen LogP contribution in [0.1, 0.15) is 26.7 Å². The first kappa shape index (κ1) is 10.7. The van der Waals surface area contributed by atoms with E-state index in [-0.39, 0.29) is 5.92 Å². The Hall–Kier alpha value is -1.38. The fraction of sp³-hybridized carbons (Fsp3) is 0.455. The molecule has 1 aliphatic heterocycles. The number of rotatable bonds is 4. The van der Waals surface area contributed by atoms with Crippen molar-refractivity contribution in [1.82, 2.24) is 0 Å². The fourth-order valence-electron chi connectivity index (χ4n) is 1.38. The van der Waals surface area contributed by atoms with Crippen molar-refractivity contribution in [2.45, 2.75) is 26.7 Å². The molecule has 0 spiro atoms. The molecule has 0 bridgehead atoms. The van der Waals surface area contributed by atoms with Crippen LogP contribution in [0.2, 0.25) is 0 Å². The van der Waals surface area contributed by atoms with Crippen LogP contribution in [0.5, 0.6) is 0 Å². The van der Waals surface area contributed by atoms with Crippen molar-refractivity contribution in [1.29, 1.82) is 0 Å². The molecule has 76 valence electrons. The minimum atomic E-state index is -0.548. The van der Waals surface area contributed by atoms with Gasteiger partial charge in [0.1, 0.15) is 0 Å². The highest BCUT2D eigenvalue weighted by molar-refractivity contribution is 6.09. The molecule has 1 unspecified atom stereocenters. The minimum Gasteiger partial charge on any atom is -0.386 e. The van der Waals surface area contributed by atoms with Gasteiger partial charge >= 0.3 is 11.9 Å². The number of cyclic esters (lactones) is 2. The molecule has 0 N–H and O–H groups in total. The van der Waals surface area contributed by atoms with Crippen molar-refractivity contribution < 1.29 is 14.3 Å². The molecule has 0 saturated carbocycles. The number of allylic oxidation sites excluding steroid dienone is 2. The molecule has 1 rings (SSSR count). The zero-order valence-electron chi connectivity index (χ0n) is 8.45. The molecular formula is C11H14O3. The Bertz CT molecular complexity index is 300. The maximum absolute atomic E-state index is 11.2. The second-order valence-corrected chi connectivity index (χ2v) is 3.16. The van der Waals surface area contributed by atoms with Crippen LogP contribution < -0.4 is 0 Å². The van der Waals surface area contributed by atoms with Gasteiger partial charge < -0.3 is 4.74 Å². The van der Waals surface area contributed by atoms with Gasteiger partial charge in [-0.15, -0.1) is 0 Å². The average Bonchev–Trinajstić information content (AvgIpc) is 2.47. The van der Waals surface area contributed by atoms with Crippen LogP contribution >= 0.6 is 0 Å². The molecule has 1 heterocycles. The lowest BCUT2D eigenvalue weighted by Gasteiger charge is -2.07. The summed E-state index contributed by atoms with van der Waals surface area (Å²) in [5.74, 6) is -1.04. The van der Waals surface area contributed by atoms with E-state index in [9.17, 15) is 9.59 Å². The molecule has 3 nitrogen and oxygen atoms in total. The number of ether oxygens (including phenoxy) is 1. The van der Waals surface area contributed by atoms with E-state index in [0.29, 0.717) is 5.57 Å². The Morgan fingerprint density at radius 1 is 1.43 bits per heavy atom. The topological polar surface area (TPSA) is 43.4 Å². The van der Waals surface area contributed by atoms with Gasteiger partial charge in [-0.3, -0.25) is 0 Å². The maximum Gasteiger partial charge on any atom is 0.342 e. The van der Waals surface area contributed by atoms with E-state index >= 15 is 0 Å². The molecule has 0 aromatic rings. The first-order valence-electron chi connectivity index (χ1n) is 4.83. The summed E-state index contributed by atoms with van der Waals surface area (Å²) in [6, 6.07) is 0. The standard InChI is InChI=1S/C11H14O3/c1-3-5-6-8(4-2)9-7-10(12)14-11(9)13/h5-8H,3-4H2,1-2H3. The first-order valence-corrected chi connectivity index (χ1v) is 4.83. The molecule has 0 radical (unpaired) electrons. The van der Waals surface area contributed by atoms with Gasteiger partial charge in [-0.05, 0) is 12.8 Å². The normalized spacial score (nSPS) is 18.6. The molecule has 1 aliphatic rings. The van der Waals surface area contributed by atoms with Crippen LogP contribution in [0, 0.1) is 5.92 Å². The van der Waals surface area contributed by atoms with Gasteiger partial charge in [0.15, 0.2) is 0 Å². The number of esters is 2. The molecule has 3 heteroatoms. The van der Waals surface area contributed by atoms with Crippen LogP contribution in [0.15, 0.2) is 23.8 Å². The SMILES string of the molecule is CCC=CC(CC)C1=CC(=O)OC1=O. The lowest BCUT2D eigenvalue weighted by atomic mass is 9.96. The molecular weight excluding hydrogens is 180 g/mol. The van der Waals surface area contributed by atoms with Gasteiger partial charge in [-0.2, -0.15) is 0 Å². The highest BCUT2D eigenvalue weighted by Crippen LogP contribution is 2.22. The van der Waals surface area contributed by atoms with Gasteiger partial charge in [-0.25, -0.2) is 9.59 Å². The molecule has 1 atom stereocenters. The third kappa shape index (κ3) is 2.31. The van der Waals surface area contributed by atoms with Gasteiger partial charge in [0.05, 0.1) is 5.57 Å². The third-order valence-corrected chi connectivity index (χ3v) is 2.15. The van der Waals surface area contributed by atoms with Crippen LogP contribution in [-0.2, 0) is 14.3 Å². The van der Waals surface area contributed by atoms with E-state index in [1.807, 2.05) is 26.0 Å². The summed E-state index contributed by atoms with van der Waals surface area (Å²) in [5.41, 5.74) is 0.474. The number of hydrogen-bond acceptors (Lipinski definition) is 3. The van der Waals surface area contributed by atoms with Crippen LogP contribution in [0.25, 0.3) is 0 Å². The van der Waals surface area contributed by atoms with E-state index in [4.69, 9.17) is 0 Å². The van der Waals surface area contributed by atoms with Crippen LogP contribution in [0.3, 0.4) is 0 Å². The number of carbonyl (C=O) groups excluding carboxylic acids is 2. The van der Waals surface area contributed by atoms with Gasteiger partial charge in [-0.1, -0.05) is 26.0 Å². The first-order chi connectivity index (χ1) is 6.69. The minimum absolute atomic E-state index is 0.00824. The van der Waals surface area contributed by atoms with E-state index in [1.165, 1.54) is 6.08 Å². The Morgan fingerprint density at radius 2 is 2.14 bits per heavy atom. The van der Waals surface area contributed by atoms with Crippen molar-refractivity contribution in [2.24, 2.45) is 5.92 Å². The predicted octanol–water partition coefficient (Wildman–Crippen LogP) is 1.99. The zero-order valence-corrected chi connectivity index (χ0v) is 8.45. The second-order valence-electron chi connectivity index (χ2n) is 3.16. The summed E-state index contributed by atoms with van der Waals surface area (Å²) in [7, 11) is 0. The van der Waals surface area contributed by atoms with Gasteiger partial charge in [0.25, 0.3) is 0 Å². The Morgan fingerprint density at radius 3 is 2.57 bits per heavy atom. The van der Waals surface area contributed by atoms with Crippen molar-refractivity contribution in [3.05, 3.63) is 23.8 Å². The molecule has 0 aromatic carbocycles. The van der Waals surface area contributed by atoms with Crippen LogP contribution in [-0.4, -0.2) is 11.9 Å². The van der Waals surface area contributed by atoms with E-state index < -0.39 is 11.9 Å². The highest BCUT2D eigenvalue weighted by atomic mass is 16.6. The summed E-state index contributed by atoms with van der Waals surface area (Å²) in [6.07, 6.45) is 6.95. The largest absolute Gasteiger partial charge is 0.386 e. The molecule has 0 amide bonds. The van der Waals surface area contributed by atoms with Crippen molar-refractivity contribution >= 4 is 11.9 Å². The summed E-state index contributed by atoms with van der Waals surface area (Å²) in [4.78, 5) is 22.0. The highest BCUT2D eigenvalue weighted by Gasteiger charge is 2.27. The van der Waals surface area contributed by atoms with Crippen molar-refractivity contribution in [3.8, 4) is 0 Å². The van der Waals surface area contributed by atoms with Crippen molar-refractivity contribution in [2.75, 3.05) is 0 Å². The van der Waals surface area contributed by atoms with Gasteiger partial charge in [0, 0.05) is 12.0 Å². The molecule has 0 aliphatic carbocycles. The molecule has 0 fully saturated rings. The summed E-state index contributed by atoms with van der Waals surface area (Å²) >= 11 is 0. The summed E-state index contributed by atoms with van der Waals surface area (Å²) in [5, 5.41) is 0.